The molecule has 0 aliphatic carbocycles. The summed E-state index contributed by atoms with van der Waals surface area (Å²) in [7, 11) is 0. The highest BCUT2D eigenvalue weighted by Gasteiger charge is 1.88. The molecule has 3 nitrogen and oxygen atoms in total. The van der Waals surface area contributed by atoms with Crippen LogP contribution in [0.5, 0.6) is 0 Å². The van der Waals surface area contributed by atoms with E-state index in [0.717, 1.165) is 5.75 Å². The second kappa shape index (κ2) is 3.80. The Morgan fingerprint density at radius 1 is 2.00 bits per heavy atom. The summed E-state index contributed by atoms with van der Waals surface area (Å²) in [5, 5.41) is 0. The molecule has 0 aliphatic heterocycles. The number of carbonyl (C=O) groups is 1. The maximum absolute atomic E-state index is 9.79. The molecule has 0 aliphatic rings. The summed E-state index contributed by atoms with van der Waals surface area (Å²) >= 11 is 1.17. The van der Waals surface area contributed by atoms with Gasteiger partial charge in [0.1, 0.15) is 0 Å². The van der Waals surface area contributed by atoms with E-state index in [4.69, 9.17) is 0 Å². The topological polar surface area (TPSA) is 57.2 Å². The molecule has 0 spiro atoms. The molecule has 4 heteroatoms. The van der Waals surface area contributed by atoms with Crippen LogP contribution in [-0.2, 0) is 0 Å². The van der Waals surface area contributed by atoms with Gasteiger partial charge in [0.15, 0.2) is 0 Å². The summed E-state index contributed by atoms with van der Waals surface area (Å²) in [5.41, 5.74) is 4.65. The number of nitrogens with zero attached hydrogens (tertiary/aromatic N) is 1. The normalized spacial score (nSPS) is 8.14. The summed E-state index contributed by atoms with van der Waals surface area (Å²) in [4.78, 5) is 9.79. The predicted molar refractivity (Wildman–Crippen MR) is 29.8 cm³/mol. The van der Waals surface area contributed by atoms with Crippen LogP contribution in [0, 0.1) is 0 Å². The van der Waals surface area contributed by atoms with Crippen molar-refractivity contribution in [3.63, 3.8) is 0 Å². The highest BCUT2D eigenvalue weighted by Crippen LogP contribution is 1.90. The molecule has 0 unspecified atom stereocenters. The summed E-state index contributed by atoms with van der Waals surface area (Å²) < 4.78 is 3.30. The van der Waals surface area contributed by atoms with Crippen molar-refractivity contribution in [2.45, 2.75) is 6.92 Å². The molecular weight excluding hydrogens is 112 g/mol. The van der Waals surface area contributed by atoms with E-state index in [-0.39, 0.29) is 0 Å². The molecule has 0 fully saturated rings. The zero-order chi connectivity index (χ0) is 5.70. The molecule has 2 N–H and O–H groups in total. The lowest BCUT2D eigenvalue weighted by Gasteiger charge is -1.87. The molecule has 0 atom stereocenters. The van der Waals surface area contributed by atoms with Crippen LogP contribution in [0.25, 0.3) is 0 Å². The number of carbonyl (C=O) groups excluding carboxylic acids is 1. The van der Waals surface area contributed by atoms with Crippen LogP contribution in [-0.4, -0.2) is 11.8 Å². The van der Waals surface area contributed by atoms with Crippen molar-refractivity contribution in [2.24, 2.45) is 5.73 Å². The van der Waals surface area contributed by atoms with Gasteiger partial charge in [-0.1, -0.05) is 6.92 Å². The number of hydrogen-bond donors (Lipinski definition) is 1. The molecule has 2 amide bonds. The number of urea groups is 1. The summed E-state index contributed by atoms with van der Waals surface area (Å²) in [6.45, 7) is 1.90. The molecule has 0 saturated carbocycles. The maximum atomic E-state index is 9.79. The van der Waals surface area contributed by atoms with E-state index < -0.39 is 6.03 Å². The molecule has 0 bridgehead atoms. The highest BCUT2D eigenvalue weighted by molar-refractivity contribution is 7.97. The van der Waals surface area contributed by atoms with E-state index in [1.54, 1.807) is 0 Å². The minimum Gasteiger partial charge on any atom is -0.349 e. The number of hydrogen-bond acceptors (Lipinski definition) is 2. The summed E-state index contributed by atoms with van der Waals surface area (Å²) in [6.07, 6.45) is 0. The van der Waals surface area contributed by atoms with Crippen LogP contribution >= 0.6 is 11.9 Å². The second-order valence-corrected chi connectivity index (χ2v) is 1.87. The Morgan fingerprint density at radius 3 is 2.71 bits per heavy atom. The first kappa shape index (κ1) is 6.62. The van der Waals surface area contributed by atoms with Crippen molar-refractivity contribution >= 4 is 18.0 Å². The standard InChI is InChI=1S/C3H7N2OS/c1-2-7-5-3(4)6/h2H2,1H3,(H2,4,6). The Labute approximate surface area is 46.8 Å². The zero-order valence-electron chi connectivity index (χ0n) is 4.05. The monoisotopic (exact) mass is 119 g/mol. The third kappa shape index (κ3) is 5.62. The van der Waals surface area contributed by atoms with Crippen LogP contribution in [0.3, 0.4) is 0 Å². The largest absolute Gasteiger partial charge is 0.349 e. The Hall–Kier alpha value is -0.380. The van der Waals surface area contributed by atoms with Crippen LogP contribution < -0.4 is 10.5 Å². The molecule has 0 aromatic rings. The molecule has 1 radical (unpaired) electrons. The van der Waals surface area contributed by atoms with Gasteiger partial charge in [0, 0.05) is 5.75 Å². The lowest BCUT2D eigenvalue weighted by Crippen LogP contribution is -2.16. The van der Waals surface area contributed by atoms with Crippen LogP contribution in [0.1, 0.15) is 6.92 Å². The third-order valence-corrected chi connectivity index (χ3v) is 0.851. The molecular formula is C3H7N2OS. The Bertz CT molecular complexity index is 66.0. The molecule has 0 rings (SSSR count). The van der Waals surface area contributed by atoms with Gasteiger partial charge < -0.3 is 5.73 Å². The van der Waals surface area contributed by atoms with Gasteiger partial charge in [-0.3, -0.25) is 0 Å². The zero-order valence-corrected chi connectivity index (χ0v) is 4.86. The lowest BCUT2D eigenvalue weighted by atomic mass is 11.0. The molecule has 0 saturated heterocycles. The lowest BCUT2D eigenvalue weighted by molar-refractivity contribution is 0.254. The summed E-state index contributed by atoms with van der Waals surface area (Å²) in [5.74, 6) is 0.795. The molecule has 7 heavy (non-hydrogen) atoms. The van der Waals surface area contributed by atoms with E-state index in [1.807, 2.05) is 6.92 Å². The Morgan fingerprint density at radius 2 is 2.57 bits per heavy atom. The van der Waals surface area contributed by atoms with E-state index >= 15 is 0 Å². The van der Waals surface area contributed by atoms with Crippen LogP contribution in [0.4, 0.5) is 4.79 Å². The number of amides is 2. The van der Waals surface area contributed by atoms with Crippen LogP contribution in [0.2, 0.25) is 0 Å². The van der Waals surface area contributed by atoms with Gasteiger partial charge in [-0.2, -0.15) is 4.72 Å². The first-order chi connectivity index (χ1) is 3.27. The second-order valence-electron chi connectivity index (χ2n) is 0.847. The third-order valence-electron chi connectivity index (χ3n) is 0.284. The fraction of sp³-hybridized carbons (Fsp3) is 0.667. The van der Waals surface area contributed by atoms with Gasteiger partial charge in [-0.05, 0) is 11.9 Å². The van der Waals surface area contributed by atoms with Gasteiger partial charge in [0.2, 0.25) is 0 Å². The SMILES string of the molecule is CCS[N]C(N)=O. The van der Waals surface area contributed by atoms with Gasteiger partial charge in [0.25, 0.3) is 0 Å². The van der Waals surface area contributed by atoms with Crippen molar-refractivity contribution in [3.8, 4) is 0 Å². The molecule has 0 aromatic heterocycles. The van der Waals surface area contributed by atoms with E-state index in [1.165, 1.54) is 11.9 Å². The molecule has 0 aromatic carbocycles. The number of rotatable bonds is 2. The Kier molecular flexibility index (Phi) is 3.59. The molecule has 41 valence electrons. The Balaban J connectivity index is 2.82. The van der Waals surface area contributed by atoms with E-state index in [9.17, 15) is 4.79 Å². The smallest absolute Gasteiger partial charge is 0.345 e. The number of nitrogens with two attached hydrogens (primary N) is 1. The van der Waals surface area contributed by atoms with Gasteiger partial charge in [-0.25, -0.2) is 4.79 Å². The average molecular weight is 119 g/mol. The van der Waals surface area contributed by atoms with Crippen molar-refractivity contribution in [3.05, 3.63) is 0 Å². The van der Waals surface area contributed by atoms with E-state index in [2.05, 4.69) is 10.5 Å². The van der Waals surface area contributed by atoms with Gasteiger partial charge in [-0.15, -0.1) is 0 Å². The quantitative estimate of drug-likeness (QED) is 0.533. The fourth-order valence-electron chi connectivity index (χ4n) is 0.128. The fourth-order valence-corrected chi connectivity index (χ4v) is 0.385. The van der Waals surface area contributed by atoms with Crippen molar-refractivity contribution < 1.29 is 4.79 Å². The van der Waals surface area contributed by atoms with Crippen molar-refractivity contribution in [1.29, 1.82) is 0 Å². The minimum absolute atomic E-state index is 0.605. The van der Waals surface area contributed by atoms with E-state index in [0.29, 0.717) is 0 Å². The predicted octanol–water partition coefficient (Wildman–Crippen LogP) is 0.338. The average Bonchev–Trinajstić information content (AvgIpc) is 1.61. The first-order valence-electron chi connectivity index (χ1n) is 1.89. The first-order valence-corrected chi connectivity index (χ1v) is 2.84. The van der Waals surface area contributed by atoms with Crippen molar-refractivity contribution in [2.75, 3.05) is 5.75 Å². The minimum atomic E-state index is -0.605. The van der Waals surface area contributed by atoms with Gasteiger partial charge in [0.05, 0.1) is 0 Å². The van der Waals surface area contributed by atoms with Crippen molar-refractivity contribution in [1.82, 2.24) is 4.72 Å². The number of primary amides is 1. The maximum Gasteiger partial charge on any atom is 0.345 e. The summed E-state index contributed by atoms with van der Waals surface area (Å²) in [6, 6.07) is -0.605. The van der Waals surface area contributed by atoms with Gasteiger partial charge >= 0.3 is 6.03 Å². The molecule has 0 heterocycles. The highest BCUT2D eigenvalue weighted by atomic mass is 32.2. The van der Waals surface area contributed by atoms with Crippen LogP contribution in [0.15, 0.2) is 0 Å².